The van der Waals surface area contributed by atoms with Gasteiger partial charge in [-0.2, -0.15) is 0 Å². The highest BCUT2D eigenvalue weighted by Gasteiger charge is 2.09. The summed E-state index contributed by atoms with van der Waals surface area (Å²) in [5.74, 6) is 0.343. The first-order chi connectivity index (χ1) is 9.74. The molecular formula is C17H12O3. The molecule has 0 aromatic heterocycles. The minimum absolute atomic E-state index is 0.343. The number of hydrogen-bond donors (Lipinski definition) is 1. The van der Waals surface area contributed by atoms with Crippen molar-refractivity contribution in [2.75, 3.05) is 0 Å². The molecule has 0 amide bonds. The van der Waals surface area contributed by atoms with Crippen LogP contribution in [-0.2, 0) is 0 Å². The van der Waals surface area contributed by atoms with Crippen LogP contribution >= 0.6 is 0 Å². The standard InChI is InChI=1S/C17H12O3/c18-17(19)20-16-8-4-3-7-15(16)14-10-9-12-5-1-2-6-13(12)11-14/h1-11H,(H,18,19). The number of rotatable bonds is 2. The molecule has 0 aliphatic rings. The smallest absolute Gasteiger partial charge is 0.449 e. The lowest BCUT2D eigenvalue weighted by molar-refractivity contribution is 0.144. The van der Waals surface area contributed by atoms with Crippen molar-refractivity contribution in [3.63, 3.8) is 0 Å². The highest BCUT2D eigenvalue weighted by Crippen LogP contribution is 2.31. The third-order valence-electron chi connectivity index (χ3n) is 3.14. The molecule has 3 heteroatoms. The van der Waals surface area contributed by atoms with Crippen molar-refractivity contribution in [1.29, 1.82) is 0 Å². The average Bonchev–Trinajstić information content (AvgIpc) is 2.47. The van der Waals surface area contributed by atoms with Crippen LogP contribution in [0.25, 0.3) is 21.9 Å². The Hall–Kier alpha value is -2.81. The number of carbonyl (C=O) groups is 1. The van der Waals surface area contributed by atoms with E-state index in [4.69, 9.17) is 9.84 Å². The molecule has 0 radical (unpaired) electrons. The number of fused-ring (bicyclic) bond motifs is 1. The Morgan fingerprint density at radius 1 is 0.850 bits per heavy atom. The minimum atomic E-state index is -1.31. The van der Waals surface area contributed by atoms with E-state index in [-0.39, 0.29) is 0 Å². The lowest BCUT2D eigenvalue weighted by Gasteiger charge is -2.09. The molecule has 0 aliphatic heterocycles. The van der Waals surface area contributed by atoms with Crippen LogP contribution in [0.5, 0.6) is 5.75 Å². The molecule has 1 N–H and O–H groups in total. The maximum absolute atomic E-state index is 10.7. The van der Waals surface area contributed by atoms with Gasteiger partial charge in [-0.3, -0.25) is 0 Å². The summed E-state index contributed by atoms with van der Waals surface area (Å²) >= 11 is 0. The van der Waals surface area contributed by atoms with Gasteiger partial charge in [-0.15, -0.1) is 0 Å². The van der Waals surface area contributed by atoms with Crippen molar-refractivity contribution in [2.45, 2.75) is 0 Å². The largest absolute Gasteiger partial charge is 0.511 e. The summed E-state index contributed by atoms with van der Waals surface area (Å²) in [6, 6.07) is 21.2. The molecule has 3 nitrogen and oxygen atoms in total. The first-order valence-electron chi connectivity index (χ1n) is 6.23. The molecule has 0 bridgehead atoms. The van der Waals surface area contributed by atoms with E-state index in [1.54, 1.807) is 12.1 Å². The topological polar surface area (TPSA) is 46.5 Å². The second kappa shape index (κ2) is 5.05. The van der Waals surface area contributed by atoms with Crippen LogP contribution in [0.4, 0.5) is 4.79 Å². The number of hydrogen-bond acceptors (Lipinski definition) is 2. The van der Waals surface area contributed by atoms with Crippen molar-refractivity contribution in [1.82, 2.24) is 0 Å². The fourth-order valence-corrected chi connectivity index (χ4v) is 2.25. The van der Waals surface area contributed by atoms with Gasteiger partial charge in [0, 0.05) is 5.56 Å². The molecule has 3 rings (SSSR count). The van der Waals surface area contributed by atoms with Crippen LogP contribution < -0.4 is 4.74 Å². The van der Waals surface area contributed by atoms with E-state index < -0.39 is 6.16 Å². The second-order valence-corrected chi connectivity index (χ2v) is 4.43. The van der Waals surface area contributed by atoms with Gasteiger partial charge in [0.15, 0.2) is 0 Å². The van der Waals surface area contributed by atoms with E-state index in [9.17, 15) is 4.79 Å². The number of benzene rings is 3. The molecular weight excluding hydrogens is 252 g/mol. The quantitative estimate of drug-likeness (QED) is 0.545. The lowest BCUT2D eigenvalue weighted by Crippen LogP contribution is -2.03. The van der Waals surface area contributed by atoms with Gasteiger partial charge in [0.05, 0.1) is 0 Å². The summed E-state index contributed by atoms with van der Waals surface area (Å²) in [6.45, 7) is 0. The van der Waals surface area contributed by atoms with Crippen LogP contribution in [0.1, 0.15) is 0 Å². The Balaban J connectivity index is 2.13. The highest BCUT2D eigenvalue weighted by molar-refractivity contribution is 5.88. The predicted molar refractivity (Wildman–Crippen MR) is 78.0 cm³/mol. The van der Waals surface area contributed by atoms with Crippen LogP contribution in [0.15, 0.2) is 66.7 Å². The van der Waals surface area contributed by atoms with Crippen molar-refractivity contribution in [3.8, 4) is 16.9 Å². The summed E-state index contributed by atoms with van der Waals surface area (Å²) in [5.41, 5.74) is 1.70. The van der Waals surface area contributed by atoms with Crippen LogP contribution in [0, 0.1) is 0 Å². The molecule has 0 unspecified atom stereocenters. The monoisotopic (exact) mass is 264 g/mol. The minimum Gasteiger partial charge on any atom is -0.449 e. The Morgan fingerprint density at radius 3 is 2.35 bits per heavy atom. The van der Waals surface area contributed by atoms with Crippen LogP contribution in [-0.4, -0.2) is 11.3 Å². The van der Waals surface area contributed by atoms with Gasteiger partial charge in [0.2, 0.25) is 0 Å². The van der Waals surface area contributed by atoms with Crippen LogP contribution in [0.2, 0.25) is 0 Å². The van der Waals surface area contributed by atoms with E-state index in [1.807, 2.05) is 54.6 Å². The van der Waals surface area contributed by atoms with Gasteiger partial charge in [-0.05, 0) is 28.5 Å². The normalized spacial score (nSPS) is 10.4. The maximum Gasteiger partial charge on any atom is 0.511 e. The van der Waals surface area contributed by atoms with E-state index in [0.717, 1.165) is 21.9 Å². The van der Waals surface area contributed by atoms with E-state index in [0.29, 0.717) is 5.75 Å². The fraction of sp³-hybridized carbons (Fsp3) is 0. The molecule has 20 heavy (non-hydrogen) atoms. The molecule has 0 aliphatic carbocycles. The Bertz CT molecular complexity index is 778. The van der Waals surface area contributed by atoms with Gasteiger partial charge in [-0.25, -0.2) is 4.79 Å². The van der Waals surface area contributed by atoms with Gasteiger partial charge in [-0.1, -0.05) is 54.6 Å². The molecule has 3 aromatic carbocycles. The van der Waals surface area contributed by atoms with Crippen molar-refractivity contribution >= 4 is 16.9 Å². The van der Waals surface area contributed by atoms with E-state index >= 15 is 0 Å². The number of carboxylic acid groups (broad SMARTS) is 1. The number of ether oxygens (including phenoxy) is 1. The Kier molecular flexibility index (Phi) is 3.09. The van der Waals surface area contributed by atoms with Crippen molar-refractivity contribution in [2.24, 2.45) is 0 Å². The summed E-state index contributed by atoms with van der Waals surface area (Å²) in [5, 5.41) is 11.0. The van der Waals surface area contributed by atoms with Crippen LogP contribution in [0.3, 0.4) is 0 Å². The summed E-state index contributed by atoms with van der Waals surface area (Å²) < 4.78 is 4.83. The summed E-state index contributed by atoms with van der Waals surface area (Å²) in [4.78, 5) is 10.7. The third kappa shape index (κ3) is 2.34. The highest BCUT2D eigenvalue weighted by atomic mass is 16.7. The molecule has 0 atom stereocenters. The van der Waals surface area contributed by atoms with Crippen molar-refractivity contribution < 1.29 is 14.6 Å². The number of para-hydroxylation sites is 1. The van der Waals surface area contributed by atoms with Gasteiger partial charge >= 0.3 is 6.16 Å². The second-order valence-electron chi connectivity index (χ2n) is 4.43. The van der Waals surface area contributed by atoms with Crippen molar-refractivity contribution in [3.05, 3.63) is 66.7 Å². The molecule has 98 valence electrons. The predicted octanol–water partition coefficient (Wildman–Crippen LogP) is 4.56. The first-order valence-corrected chi connectivity index (χ1v) is 6.23. The van der Waals surface area contributed by atoms with Gasteiger partial charge in [0.1, 0.15) is 5.75 Å². The van der Waals surface area contributed by atoms with E-state index in [1.165, 1.54) is 0 Å². The molecule has 0 heterocycles. The van der Waals surface area contributed by atoms with Gasteiger partial charge in [0.25, 0.3) is 0 Å². The van der Waals surface area contributed by atoms with E-state index in [2.05, 4.69) is 0 Å². The fourth-order valence-electron chi connectivity index (χ4n) is 2.25. The SMILES string of the molecule is O=C(O)Oc1ccccc1-c1ccc2ccccc2c1. The molecule has 0 saturated carbocycles. The van der Waals surface area contributed by atoms with Gasteiger partial charge < -0.3 is 9.84 Å². The summed E-state index contributed by atoms with van der Waals surface area (Å²) in [7, 11) is 0. The molecule has 0 fully saturated rings. The Labute approximate surface area is 116 Å². The lowest BCUT2D eigenvalue weighted by atomic mass is 10.0. The Morgan fingerprint density at radius 2 is 1.55 bits per heavy atom. The maximum atomic E-state index is 10.7. The molecule has 0 saturated heterocycles. The molecule has 0 spiro atoms. The molecule has 3 aromatic rings. The zero-order chi connectivity index (χ0) is 13.9. The average molecular weight is 264 g/mol. The summed E-state index contributed by atoms with van der Waals surface area (Å²) in [6.07, 6.45) is -1.31. The first kappa shape index (κ1) is 12.2. The zero-order valence-corrected chi connectivity index (χ0v) is 10.6. The third-order valence-corrected chi connectivity index (χ3v) is 3.14. The zero-order valence-electron chi connectivity index (χ0n) is 10.6.